The van der Waals surface area contributed by atoms with Crippen LogP contribution < -0.4 is 11.1 Å². The Morgan fingerprint density at radius 1 is 0.725 bits per heavy atom. The SMILES string of the molecule is CCCCCCc1ccccc1NC(=O)c1ccccc1C(F)(F)F.NC(=O)c1ccccc1-c1ccccc1. The van der Waals surface area contributed by atoms with Gasteiger partial charge >= 0.3 is 6.18 Å². The number of amides is 2. The first kappa shape index (κ1) is 30.2. The Morgan fingerprint density at radius 2 is 1.32 bits per heavy atom. The summed E-state index contributed by atoms with van der Waals surface area (Å²) in [5.41, 5.74) is 7.98. The molecule has 0 atom stereocenters. The molecule has 4 aromatic carbocycles. The highest BCUT2D eigenvalue weighted by atomic mass is 19.4. The van der Waals surface area contributed by atoms with Crippen molar-refractivity contribution < 1.29 is 22.8 Å². The summed E-state index contributed by atoms with van der Waals surface area (Å²) in [4.78, 5) is 23.6. The minimum Gasteiger partial charge on any atom is -0.366 e. The number of para-hydroxylation sites is 1. The highest BCUT2D eigenvalue weighted by Gasteiger charge is 2.34. The monoisotopic (exact) mass is 546 g/mol. The highest BCUT2D eigenvalue weighted by Crippen LogP contribution is 2.32. The molecule has 208 valence electrons. The van der Waals surface area contributed by atoms with Crippen molar-refractivity contribution in [2.45, 2.75) is 45.2 Å². The van der Waals surface area contributed by atoms with Gasteiger partial charge in [0, 0.05) is 11.3 Å². The summed E-state index contributed by atoms with van der Waals surface area (Å²) in [6.07, 6.45) is 0.584. The zero-order valence-electron chi connectivity index (χ0n) is 22.4. The van der Waals surface area contributed by atoms with E-state index in [1.54, 1.807) is 18.2 Å². The van der Waals surface area contributed by atoms with Gasteiger partial charge in [0.1, 0.15) is 0 Å². The van der Waals surface area contributed by atoms with Crippen LogP contribution in [0.3, 0.4) is 0 Å². The number of halogens is 3. The maximum atomic E-state index is 13.1. The number of rotatable bonds is 9. The zero-order valence-corrected chi connectivity index (χ0v) is 22.4. The molecule has 4 aromatic rings. The van der Waals surface area contributed by atoms with Crippen LogP contribution in [-0.2, 0) is 12.6 Å². The third-order valence-corrected chi connectivity index (χ3v) is 6.32. The molecule has 0 saturated heterocycles. The lowest BCUT2D eigenvalue weighted by Crippen LogP contribution is -2.19. The van der Waals surface area contributed by atoms with Gasteiger partial charge in [-0.25, -0.2) is 0 Å². The number of aryl methyl sites for hydroxylation is 1. The smallest absolute Gasteiger partial charge is 0.366 e. The fourth-order valence-corrected chi connectivity index (χ4v) is 4.29. The minimum atomic E-state index is -4.56. The van der Waals surface area contributed by atoms with Crippen molar-refractivity contribution in [3.63, 3.8) is 0 Å². The van der Waals surface area contributed by atoms with Crippen LogP contribution in [0.5, 0.6) is 0 Å². The molecule has 4 nitrogen and oxygen atoms in total. The zero-order chi connectivity index (χ0) is 29.0. The molecule has 0 aromatic heterocycles. The lowest BCUT2D eigenvalue weighted by Gasteiger charge is -2.14. The van der Waals surface area contributed by atoms with E-state index >= 15 is 0 Å². The van der Waals surface area contributed by atoms with E-state index in [4.69, 9.17) is 5.73 Å². The van der Waals surface area contributed by atoms with Crippen LogP contribution in [0.15, 0.2) is 103 Å². The van der Waals surface area contributed by atoms with Crippen molar-refractivity contribution >= 4 is 17.5 Å². The van der Waals surface area contributed by atoms with Gasteiger partial charge < -0.3 is 11.1 Å². The first-order valence-corrected chi connectivity index (χ1v) is 13.2. The third kappa shape index (κ3) is 8.56. The van der Waals surface area contributed by atoms with E-state index in [1.807, 2.05) is 60.7 Å². The van der Waals surface area contributed by atoms with Crippen LogP contribution in [0.1, 0.15) is 64.4 Å². The fraction of sp³-hybridized carbons (Fsp3) is 0.212. The Morgan fingerprint density at radius 3 is 2.00 bits per heavy atom. The third-order valence-electron chi connectivity index (χ3n) is 6.32. The van der Waals surface area contributed by atoms with E-state index in [-0.39, 0.29) is 5.56 Å². The van der Waals surface area contributed by atoms with Crippen LogP contribution >= 0.6 is 0 Å². The average Bonchev–Trinajstić information content (AvgIpc) is 2.96. The number of hydrogen-bond donors (Lipinski definition) is 2. The number of nitrogens with two attached hydrogens (primary N) is 1. The Bertz CT molecular complexity index is 1400. The molecule has 2 amide bonds. The van der Waals surface area contributed by atoms with Gasteiger partial charge in [0.15, 0.2) is 0 Å². The number of nitrogens with one attached hydrogen (secondary N) is 1. The second-order valence-corrected chi connectivity index (χ2v) is 9.24. The lowest BCUT2D eigenvalue weighted by atomic mass is 9.99. The maximum absolute atomic E-state index is 13.1. The van der Waals surface area contributed by atoms with E-state index in [1.165, 1.54) is 18.2 Å². The van der Waals surface area contributed by atoms with E-state index in [0.717, 1.165) is 54.9 Å². The molecular weight excluding hydrogens is 513 g/mol. The molecule has 0 aliphatic heterocycles. The number of hydrogen-bond acceptors (Lipinski definition) is 2. The molecule has 0 saturated carbocycles. The maximum Gasteiger partial charge on any atom is 0.417 e. The van der Waals surface area contributed by atoms with E-state index in [2.05, 4.69) is 12.2 Å². The molecule has 3 N–H and O–H groups in total. The van der Waals surface area contributed by atoms with Crippen molar-refractivity contribution in [2.24, 2.45) is 5.73 Å². The van der Waals surface area contributed by atoms with Crippen molar-refractivity contribution in [1.29, 1.82) is 0 Å². The predicted octanol–water partition coefficient (Wildman–Crippen LogP) is 8.53. The summed E-state index contributed by atoms with van der Waals surface area (Å²) in [5.74, 6) is -1.14. The van der Waals surface area contributed by atoms with Gasteiger partial charge in [-0.05, 0) is 53.8 Å². The van der Waals surface area contributed by atoms with Gasteiger partial charge in [0.25, 0.3) is 5.91 Å². The van der Waals surface area contributed by atoms with Crippen molar-refractivity contribution in [3.8, 4) is 11.1 Å². The Kier molecular flexibility index (Phi) is 11.1. The quantitative estimate of drug-likeness (QED) is 0.207. The van der Waals surface area contributed by atoms with Gasteiger partial charge in [0.2, 0.25) is 5.91 Å². The predicted molar refractivity (Wildman–Crippen MR) is 154 cm³/mol. The Labute approximate surface area is 233 Å². The molecule has 0 spiro atoms. The molecule has 40 heavy (non-hydrogen) atoms. The molecule has 0 fully saturated rings. The first-order valence-electron chi connectivity index (χ1n) is 13.2. The number of benzene rings is 4. The van der Waals surface area contributed by atoms with Crippen LogP contribution in [0.4, 0.5) is 18.9 Å². The molecular formula is C33H33F3N2O2. The van der Waals surface area contributed by atoms with Gasteiger partial charge in [-0.3, -0.25) is 9.59 Å². The number of alkyl halides is 3. The summed E-state index contributed by atoms with van der Waals surface area (Å²) < 4.78 is 39.3. The normalized spacial score (nSPS) is 10.8. The average molecular weight is 547 g/mol. The molecule has 0 unspecified atom stereocenters. The molecule has 0 aliphatic carbocycles. The Hall–Kier alpha value is -4.39. The second kappa shape index (κ2) is 14.7. The molecule has 0 radical (unpaired) electrons. The molecule has 7 heteroatoms. The standard InChI is InChI=1S/C20H22F3NO.C13H11NO/c1-2-3-4-5-10-15-11-6-9-14-18(15)24-19(25)16-12-7-8-13-17(16)20(21,22)23;14-13(15)12-9-5-4-8-11(12)10-6-2-1-3-7-10/h6-9,11-14H,2-5,10H2,1H3,(H,24,25);1-9H,(H2,14,15). The van der Waals surface area contributed by atoms with Crippen molar-refractivity contribution in [2.75, 3.05) is 5.32 Å². The summed E-state index contributed by atoms with van der Waals surface area (Å²) in [7, 11) is 0. The van der Waals surface area contributed by atoms with Gasteiger partial charge in [-0.1, -0.05) is 105 Å². The largest absolute Gasteiger partial charge is 0.417 e. The summed E-state index contributed by atoms with van der Waals surface area (Å²) in [6.45, 7) is 2.13. The number of carbonyl (C=O) groups excluding carboxylic acids is 2. The first-order chi connectivity index (χ1) is 19.2. The van der Waals surface area contributed by atoms with Crippen molar-refractivity contribution in [1.82, 2.24) is 0 Å². The fourth-order valence-electron chi connectivity index (χ4n) is 4.29. The highest BCUT2D eigenvalue weighted by molar-refractivity contribution is 6.05. The molecule has 0 heterocycles. The topological polar surface area (TPSA) is 72.2 Å². The molecule has 0 aliphatic rings. The van der Waals surface area contributed by atoms with E-state index in [0.29, 0.717) is 11.3 Å². The lowest BCUT2D eigenvalue weighted by molar-refractivity contribution is -0.137. The van der Waals surface area contributed by atoms with Crippen LogP contribution in [0.25, 0.3) is 11.1 Å². The summed E-state index contributed by atoms with van der Waals surface area (Å²) in [5, 5.41) is 2.64. The summed E-state index contributed by atoms with van der Waals surface area (Å²) >= 11 is 0. The number of primary amides is 1. The summed E-state index contributed by atoms with van der Waals surface area (Å²) in [6, 6.07) is 29.2. The molecule has 4 rings (SSSR count). The van der Waals surface area contributed by atoms with Crippen LogP contribution in [0.2, 0.25) is 0 Å². The van der Waals surface area contributed by atoms with Crippen LogP contribution in [-0.4, -0.2) is 11.8 Å². The number of carbonyl (C=O) groups is 2. The molecule has 0 bridgehead atoms. The van der Waals surface area contributed by atoms with Gasteiger partial charge in [-0.2, -0.15) is 13.2 Å². The number of unbranched alkanes of at least 4 members (excludes halogenated alkanes) is 3. The van der Waals surface area contributed by atoms with Crippen LogP contribution in [0, 0.1) is 0 Å². The number of anilines is 1. The van der Waals surface area contributed by atoms with Crippen molar-refractivity contribution in [3.05, 3.63) is 125 Å². The van der Waals surface area contributed by atoms with Gasteiger partial charge in [-0.15, -0.1) is 0 Å². The van der Waals surface area contributed by atoms with E-state index in [9.17, 15) is 22.8 Å². The van der Waals surface area contributed by atoms with E-state index < -0.39 is 23.6 Å². The van der Waals surface area contributed by atoms with Gasteiger partial charge in [0.05, 0.1) is 11.1 Å². The second-order valence-electron chi connectivity index (χ2n) is 9.24. The Balaban J connectivity index is 0.000000249. The minimum absolute atomic E-state index is 0.365.